The van der Waals surface area contributed by atoms with E-state index in [0.29, 0.717) is 43.0 Å². The number of fused-ring (bicyclic) bond motifs is 2. The number of carbonyl (C=O) groups is 1. The van der Waals surface area contributed by atoms with Gasteiger partial charge in [-0.15, -0.1) is 0 Å². The van der Waals surface area contributed by atoms with Crippen LogP contribution in [0.4, 0.5) is 5.82 Å². The fourth-order valence-electron chi connectivity index (χ4n) is 3.94. The lowest BCUT2D eigenvalue weighted by molar-refractivity contribution is -0.116. The first-order valence-corrected chi connectivity index (χ1v) is 12.4. The van der Waals surface area contributed by atoms with Crippen LogP contribution in [0.5, 0.6) is 0 Å². The van der Waals surface area contributed by atoms with E-state index in [1.54, 1.807) is 47.2 Å². The summed E-state index contributed by atoms with van der Waals surface area (Å²) < 4.78 is 30.8. The molecule has 10 nitrogen and oxygen atoms in total. The molecule has 0 aliphatic carbocycles. The SMILES string of the molecule is CCN(CC)S(=O)(=O)c1ccc2c(c1)nc(CCC(=O)Nc1ccnc3ccnn13)n2CC. The van der Waals surface area contributed by atoms with E-state index in [-0.39, 0.29) is 17.2 Å². The molecule has 174 valence electrons. The summed E-state index contributed by atoms with van der Waals surface area (Å²) in [5.41, 5.74) is 2.10. The fraction of sp³-hybridized carbons (Fsp3) is 0.364. The number of imidazole rings is 1. The summed E-state index contributed by atoms with van der Waals surface area (Å²) in [6, 6.07) is 8.48. The van der Waals surface area contributed by atoms with E-state index in [9.17, 15) is 13.2 Å². The van der Waals surface area contributed by atoms with Gasteiger partial charge in [-0.25, -0.2) is 18.4 Å². The van der Waals surface area contributed by atoms with Crippen LogP contribution in [-0.4, -0.2) is 55.9 Å². The predicted octanol–water partition coefficient (Wildman–Crippen LogP) is 2.70. The lowest BCUT2D eigenvalue weighted by Gasteiger charge is -2.18. The van der Waals surface area contributed by atoms with Crippen LogP contribution in [-0.2, 0) is 27.8 Å². The molecule has 0 bridgehead atoms. The van der Waals surface area contributed by atoms with Gasteiger partial charge in [0, 0.05) is 44.7 Å². The molecule has 0 saturated carbocycles. The van der Waals surface area contributed by atoms with Gasteiger partial charge in [0.05, 0.1) is 22.1 Å². The third-order valence-electron chi connectivity index (χ3n) is 5.59. The molecule has 4 aromatic rings. The van der Waals surface area contributed by atoms with E-state index in [2.05, 4.69) is 20.4 Å². The van der Waals surface area contributed by atoms with Gasteiger partial charge in [0.1, 0.15) is 11.6 Å². The lowest BCUT2D eigenvalue weighted by Crippen LogP contribution is -2.30. The number of benzene rings is 1. The molecule has 0 spiro atoms. The van der Waals surface area contributed by atoms with Crippen molar-refractivity contribution >= 4 is 38.4 Å². The molecule has 1 aromatic carbocycles. The Morgan fingerprint density at radius 2 is 1.88 bits per heavy atom. The van der Waals surface area contributed by atoms with Gasteiger partial charge in [0.2, 0.25) is 15.9 Å². The van der Waals surface area contributed by atoms with E-state index in [1.165, 1.54) is 4.31 Å². The summed E-state index contributed by atoms with van der Waals surface area (Å²) in [5.74, 6) is 1.11. The molecule has 1 N–H and O–H groups in total. The molecule has 33 heavy (non-hydrogen) atoms. The number of nitrogens with one attached hydrogen (secondary N) is 1. The number of anilines is 1. The standard InChI is InChI=1S/C22H27N7O3S/c1-4-27(5-2)33(31,32)16-7-8-18-17(15-16)25-20(28(18)6-3)9-10-22(30)26-21-11-13-23-19-12-14-24-29(19)21/h7-8,11-15H,4-6,9-10H2,1-3H3,(H,26,30). The maximum atomic E-state index is 12.9. The molecular formula is C22H27N7O3S. The molecule has 0 radical (unpaired) electrons. The summed E-state index contributed by atoms with van der Waals surface area (Å²) in [4.78, 5) is 21.7. The van der Waals surface area contributed by atoms with Crippen LogP contribution in [0.3, 0.4) is 0 Å². The highest BCUT2D eigenvalue weighted by atomic mass is 32.2. The van der Waals surface area contributed by atoms with Gasteiger partial charge >= 0.3 is 0 Å². The number of aryl methyl sites for hydroxylation is 2. The molecule has 0 aliphatic rings. The van der Waals surface area contributed by atoms with Crippen LogP contribution in [0.1, 0.15) is 33.0 Å². The van der Waals surface area contributed by atoms with Crippen LogP contribution in [0.25, 0.3) is 16.7 Å². The van der Waals surface area contributed by atoms with Gasteiger partial charge in [0.25, 0.3) is 0 Å². The second-order valence-corrected chi connectivity index (χ2v) is 9.43. The topological polar surface area (TPSA) is 114 Å². The number of nitrogens with zero attached hydrogens (tertiary/aromatic N) is 6. The van der Waals surface area contributed by atoms with E-state index >= 15 is 0 Å². The minimum Gasteiger partial charge on any atom is -0.328 e. The Bertz CT molecular complexity index is 1400. The number of hydrogen-bond donors (Lipinski definition) is 1. The number of amides is 1. The molecule has 3 aromatic heterocycles. The maximum absolute atomic E-state index is 12.9. The van der Waals surface area contributed by atoms with Crippen molar-refractivity contribution in [3.05, 3.63) is 48.5 Å². The van der Waals surface area contributed by atoms with Gasteiger partial charge in [0.15, 0.2) is 5.65 Å². The molecule has 0 fully saturated rings. The van der Waals surface area contributed by atoms with Crippen molar-refractivity contribution in [2.45, 2.75) is 45.1 Å². The molecule has 4 rings (SSSR count). The molecular weight excluding hydrogens is 442 g/mol. The van der Waals surface area contributed by atoms with Crippen molar-refractivity contribution in [2.24, 2.45) is 0 Å². The smallest absolute Gasteiger partial charge is 0.243 e. The average molecular weight is 470 g/mol. The van der Waals surface area contributed by atoms with Crippen molar-refractivity contribution in [3.63, 3.8) is 0 Å². The Kier molecular flexibility index (Phi) is 6.43. The Balaban J connectivity index is 1.55. The molecule has 0 atom stereocenters. The molecule has 0 aliphatic heterocycles. The zero-order chi connectivity index (χ0) is 23.6. The van der Waals surface area contributed by atoms with E-state index < -0.39 is 10.0 Å². The van der Waals surface area contributed by atoms with E-state index in [1.807, 2.05) is 25.3 Å². The van der Waals surface area contributed by atoms with Gasteiger partial charge in [-0.1, -0.05) is 13.8 Å². The third kappa shape index (κ3) is 4.33. The first-order chi connectivity index (χ1) is 15.9. The van der Waals surface area contributed by atoms with Crippen LogP contribution < -0.4 is 5.32 Å². The average Bonchev–Trinajstić information content (AvgIpc) is 3.42. The lowest BCUT2D eigenvalue weighted by atomic mass is 10.2. The number of hydrogen-bond acceptors (Lipinski definition) is 6. The minimum atomic E-state index is -3.57. The van der Waals surface area contributed by atoms with Crippen molar-refractivity contribution in [1.29, 1.82) is 0 Å². The van der Waals surface area contributed by atoms with Crippen LogP contribution in [0.2, 0.25) is 0 Å². The predicted molar refractivity (Wildman–Crippen MR) is 125 cm³/mol. The van der Waals surface area contributed by atoms with Crippen molar-refractivity contribution in [3.8, 4) is 0 Å². The Morgan fingerprint density at radius 1 is 1.09 bits per heavy atom. The van der Waals surface area contributed by atoms with Crippen LogP contribution in [0.15, 0.2) is 47.6 Å². The zero-order valence-electron chi connectivity index (χ0n) is 18.9. The van der Waals surface area contributed by atoms with E-state index in [4.69, 9.17) is 0 Å². The highest BCUT2D eigenvalue weighted by Crippen LogP contribution is 2.23. The van der Waals surface area contributed by atoms with Crippen LogP contribution >= 0.6 is 0 Å². The Labute approximate surface area is 192 Å². The minimum absolute atomic E-state index is 0.169. The van der Waals surface area contributed by atoms with Gasteiger partial charge in [-0.05, 0) is 31.2 Å². The van der Waals surface area contributed by atoms with Crippen molar-refractivity contribution in [1.82, 2.24) is 28.5 Å². The van der Waals surface area contributed by atoms with Crippen LogP contribution in [0, 0.1) is 0 Å². The zero-order valence-corrected chi connectivity index (χ0v) is 19.7. The maximum Gasteiger partial charge on any atom is 0.243 e. The highest BCUT2D eigenvalue weighted by molar-refractivity contribution is 7.89. The Morgan fingerprint density at radius 3 is 2.61 bits per heavy atom. The van der Waals surface area contributed by atoms with E-state index in [0.717, 1.165) is 11.3 Å². The first-order valence-electron chi connectivity index (χ1n) is 11.0. The van der Waals surface area contributed by atoms with Gasteiger partial charge < -0.3 is 9.88 Å². The van der Waals surface area contributed by atoms with Crippen molar-refractivity contribution in [2.75, 3.05) is 18.4 Å². The largest absolute Gasteiger partial charge is 0.328 e. The third-order valence-corrected chi connectivity index (χ3v) is 7.64. The number of rotatable bonds is 9. The summed E-state index contributed by atoms with van der Waals surface area (Å²) in [6.07, 6.45) is 3.88. The van der Waals surface area contributed by atoms with Gasteiger partial charge in [-0.2, -0.15) is 13.9 Å². The normalized spacial score (nSPS) is 12.1. The molecule has 0 unspecified atom stereocenters. The Hall–Kier alpha value is -3.31. The van der Waals surface area contributed by atoms with Crippen molar-refractivity contribution < 1.29 is 13.2 Å². The second kappa shape index (κ2) is 9.28. The quantitative estimate of drug-likeness (QED) is 0.403. The molecule has 1 amide bonds. The number of carbonyl (C=O) groups excluding carboxylic acids is 1. The summed E-state index contributed by atoms with van der Waals surface area (Å²) in [6.45, 7) is 7.10. The number of aromatic nitrogens is 5. The highest BCUT2D eigenvalue weighted by Gasteiger charge is 2.23. The molecule has 0 saturated heterocycles. The number of sulfonamides is 1. The fourth-order valence-corrected chi connectivity index (χ4v) is 5.41. The molecule has 11 heteroatoms. The summed E-state index contributed by atoms with van der Waals surface area (Å²) >= 11 is 0. The molecule has 3 heterocycles. The summed E-state index contributed by atoms with van der Waals surface area (Å²) in [7, 11) is -3.57. The van der Waals surface area contributed by atoms with Gasteiger partial charge in [-0.3, -0.25) is 4.79 Å². The first kappa shape index (κ1) is 22.9. The second-order valence-electron chi connectivity index (χ2n) is 7.49. The summed E-state index contributed by atoms with van der Waals surface area (Å²) in [5, 5.41) is 7.04. The monoisotopic (exact) mass is 469 g/mol.